The van der Waals surface area contributed by atoms with Crippen LogP contribution in [0.1, 0.15) is 25.8 Å². The number of hydrogen-bond donors (Lipinski definition) is 1. The lowest BCUT2D eigenvalue weighted by Gasteiger charge is -2.13. The molecular weight excluding hydrogens is 230 g/mol. The number of benzene rings is 1. The Balaban J connectivity index is 2.62. The van der Waals surface area contributed by atoms with Crippen molar-refractivity contribution in [2.24, 2.45) is 0 Å². The molecule has 0 aliphatic heterocycles. The number of rotatable bonds is 6. The van der Waals surface area contributed by atoms with Gasteiger partial charge in [-0.3, -0.25) is 9.59 Å². The Labute approximate surface area is 107 Å². The fraction of sp³-hybridized carbons (Fsp3) is 0.429. The van der Waals surface area contributed by atoms with E-state index in [0.29, 0.717) is 12.2 Å². The zero-order valence-electron chi connectivity index (χ0n) is 11.0. The normalized spacial score (nSPS) is 11.7. The lowest BCUT2D eigenvalue weighted by atomic mass is 10.1. The maximum Gasteiger partial charge on any atom is 0.225 e. The summed E-state index contributed by atoms with van der Waals surface area (Å²) in [5.74, 6) is 0.541. The smallest absolute Gasteiger partial charge is 0.225 e. The van der Waals surface area contributed by atoms with Crippen LogP contribution in [0.2, 0.25) is 0 Å². The third-order valence-corrected chi connectivity index (χ3v) is 2.75. The Morgan fingerprint density at radius 1 is 1.33 bits per heavy atom. The number of methoxy groups -OCH3 is 1. The molecule has 0 saturated heterocycles. The van der Waals surface area contributed by atoms with E-state index in [1.807, 2.05) is 24.3 Å². The van der Waals surface area contributed by atoms with Gasteiger partial charge in [-0.25, -0.2) is 0 Å². The van der Waals surface area contributed by atoms with Gasteiger partial charge in [0, 0.05) is 12.0 Å². The van der Waals surface area contributed by atoms with Crippen molar-refractivity contribution in [3.63, 3.8) is 0 Å². The van der Waals surface area contributed by atoms with E-state index in [1.165, 1.54) is 0 Å². The number of para-hydroxylation sites is 1. The molecule has 1 N–H and O–H groups in total. The van der Waals surface area contributed by atoms with Gasteiger partial charge in [0.2, 0.25) is 5.91 Å². The fourth-order valence-electron chi connectivity index (χ4n) is 1.70. The van der Waals surface area contributed by atoms with Gasteiger partial charge in [0.1, 0.15) is 5.75 Å². The Bertz CT molecular complexity index is 429. The molecule has 1 rings (SSSR count). The molecule has 0 saturated carbocycles. The molecule has 98 valence electrons. The highest BCUT2D eigenvalue weighted by Crippen LogP contribution is 2.17. The summed E-state index contributed by atoms with van der Waals surface area (Å²) in [6, 6.07) is 6.92. The summed E-state index contributed by atoms with van der Waals surface area (Å²) in [6.45, 7) is 3.48. The molecule has 0 fully saturated rings. The van der Waals surface area contributed by atoms with Crippen LogP contribution >= 0.6 is 0 Å². The zero-order chi connectivity index (χ0) is 13.5. The van der Waals surface area contributed by atoms with Crippen LogP contribution in [0.5, 0.6) is 5.75 Å². The average molecular weight is 249 g/mol. The van der Waals surface area contributed by atoms with E-state index in [9.17, 15) is 9.59 Å². The van der Waals surface area contributed by atoms with Crippen LogP contribution in [0.3, 0.4) is 0 Å². The van der Waals surface area contributed by atoms with E-state index >= 15 is 0 Å². The summed E-state index contributed by atoms with van der Waals surface area (Å²) in [7, 11) is 1.57. The minimum absolute atomic E-state index is 0.0309. The highest BCUT2D eigenvalue weighted by Gasteiger charge is 2.14. The predicted molar refractivity (Wildman–Crippen MR) is 69.6 cm³/mol. The van der Waals surface area contributed by atoms with Gasteiger partial charge < -0.3 is 10.1 Å². The van der Waals surface area contributed by atoms with Crippen molar-refractivity contribution in [3.8, 4) is 5.75 Å². The molecule has 0 aliphatic carbocycles. The number of nitrogens with one attached hydrogen (secondary N) is 1. The second-order valence-corrected chi connectivity index (χ2v) is 4.10. The van der Waals surface area contributed by atoms with Crippen LogP contribution < -0.4 is 10.1 Å². The van der Waals surface area contributed by atoms with Crippen molar-refractivity contribution in [2.45, 2.75) is 32.7 Å². The minimum Gasteiger partial charge on any atom is -0.496 e. The quantitative estimate of drug-likeness (QED) is 0.835. The van der Waals surface area contributed by atoms with Gasteiger partial charge in [-0.2, -0.15) is 0 Å². The monoisotopic (exact) mass is 249 g/mol. The molecule has 18 heavy (non-hydrogen) atoms. The maximum atomic E-state index is 11.8. The highest BCUT2D eigenvalue weighted by atomic mass is 16.5. The number of carbonyl (C=O) groups excluding carboxylic acids is 2. The molecular formula is C14H19NO3. The largest absolute Gasteiger partial charge is 0.496 e. The van der Waals surface area contributed by atoms with E-state index in [-0.39, 0.29) is 18.1 Å². The molecule has 4 heteroatoms. The molecule has 0 spiro atoms. The summed E-state index contributed by atoms with van der Waals surface area (Å²) >= 11 is 0. The molecule has 0 aromatic heterocycles. The summed E-state index contributed by atoms with van der Waals surface area (Å²) in [5.41, 5.74) is 0.814. The SMILES string of the molecule is CCC(=O)C(C)NC(=O)Cc1ccccc1OC. The number of ether oxygens (including phenoxy) is 1. The van der Waals surface area contributed by atoms with Crippen molar-refractivity contribution < 1.29 is 14.3 Å². The van der Waals surface area contributed by atoms with Gasteiger partial charge in [0.05, 0.1) is 19.6 Å². The molecule has 1 atom stereocenters. The first-order chi connectivity index (χ1) is 8.58. The highest BCUT2D eigenvalue weighted by molar-refractivity contribution is 5.89. The van der Waals surface area contributed by atoms with Crippen molar-refractivity contribution >= 4 is 11.7 Å². The predicted octanol–water partition coefficient (Wildman–Crippen LogP) is 1.72. The van der Waals surface area contributed by atoms with E-state index in [4.69, 9.17) is 4.74 Å². The number of Topliss-reactive ketones (excluding diaryl/α,β-unsaturated/α-hetero) is 1. The Kier molecular flexibility index (Phi) is 5.36. The summed E-state index contributed by atoms with van der Waals surface area (Å²) < 4.78 is 5.17. The van der Waals surface area contributed by atoms with Crippen LogP contribution in [0, 0.1) is 0 Å². The van der Waals surface area contributed by atoms with Crippen molar-refractivity contribution in [3.05, 3.63) is 29.8 Å². The van der Waals surface area contributed by atoms with Gasteiger partial charge in [-0.05, 0) is 13.0 Å². The van der Waals surface area contributed by atoms with E-state index in [1.54, 1.807) is 21.0 Å². The first-order valence-electron chi connectivity index (χ1n) is 6.02. The molecule has 0 radical (unpaired) electrons. The van der Waals surface area contributed by atoms with E-state index < -0.39 is 6.04 Å². The Hall–Kier alpha value is -1.84. The number of ketones is 1. The molecule has 4 nitrogen and oxygen atoms in total. The number of amides is 1. The van der Waals surface area contributed by atoms with Gasteiger partial charge in [0.25, 0.3) is 0 Å². The number of carbonyl (C=O) groups is 2. The third kappa shape index (κ3) is 3.87. The maximum absolute atomic E-state index is 11.8. The van der Waals surface area contributed by atoms with Gasteiger partial charge in [0.15, 0.2) is 5.78 Å². The molecule has 0 aliphatic rings. The van der Waals surface area contributed by atoms with Crippen molar-refractivity contribution in [1.29, 1.82) is 0 Å². The first-order valence-corrected chi connectivity index (χ1v) is 6.02. The van der Waals surface area contributed by atoms with E-state index in [2.05, 4.69) is 5.32 Å². The van der Waals surface area contributed by atoms with Crippen LogP contribution in [0.4, 0.5) is 0 Å². The van der Waals surface area contributed by atoms with Crippen molar-refractivity contribution in [1.82, 2.24) is 5.32 Å². The van der Waals surface area contributed by atoms with Crippen LogP contribution in [0.25, 0.3) is 0 Å². The summed E-state index contributed by atoms with van der Waals surface area (Å²) in [5, 5.41) is 2.69. The summed E-state index contributed by atoms with van der Waals surface area (Å²) in [6.07, 6.45) is 0.640. The second kappa shape index (κ2) is 6.79. The Morgan fingerprint density at radius 3 is 2.61 bits per heavy atom. The van der Waals surface area contributed by atoms with Crippen LogP contribution in [0.15, 0.2) is 24.3 Å². The van der Waals surface area contributed by atoms with Crippen LogP contribution in [-0.4, -0.2) is 24.8 Å². The molecule has 1 unspecified atom stereocenters. The topological polar surface area (TPSA) is 55.4 Å². The van der Waals surface area contributed by atoms with Gasteiger partial charge in [-0.15, -0.1) is 0 Å². The van der Waals surface area contributed by atoms with Crippen LogP contribution in [-0.2, 0) is 16.0 Å². The standard InChI is InChI=1S/C14H19NO3/c1-4-12(16)10(2)15-14(17)9-11-7-5-6-8-13(11)18-3/h5-8,10H,4,9H2,1-3H3,(H,15,17). The van der Waals surface area contributed by atoms with Crippen molar-refractivity contribution in [2.75, 3.05) is 7.11 Å². The Morgan fingerprint density at radius 2 is 2.00 bits per heavy atom. The second-order valence-electron chi connectivity index (χ2n) is 4.10. The van der Waals surface area contributed by atoms with Gasteiger partial charge >= 0.3 is 0 Å². The summed E-state index contributed by atoms with van der Waals surface area (Å²) in [4.78, 5) is 23.2. The molecule has 0 bridgehead atoms. The third-order valence-electron chi connectivity index (χ3n) is 2.75. The lowest BCUT2D eigenvalue weighted by Crippen LogP contribution is -2.39. The van der Waals surface area contributed by atoms with Gasteiger partial charge in [-0.1, -0.05) is 25.1 Å². The zero-order valence-corrected chi connectivity index (χ0v) is 11.0. The molecule has 1 aromatic rings. The first kappa shape index (κ1) is 14.2. The molecule has 1 amide bonds. The lowest BCUT2D eigenvalue weighted by molar-refractivity contribution is -0.126. The number of hydrogen-bond acceptors (Lipinski definition) is 3. The average Bonchev–Trinajstić information content (AvgIpc) is 2.38. The molecule has 1 aromatic carbocycles. The molecule has 0 heterocycles. The minimum atomic E-state index is -0.433. The van der Waals surface area contributed by atoms with E-state index in [0.717, 1.165) is 5.56 Å². The fourth-order valence-corrected chi connectivity index (χ4v) is 1.70.